The highest BCUT2D eigenvalue weighted by atomic mass is 79.9. The van der Waals surface area contributed by atoms with Crippen molar-refractivity contribution in [2.45, 2.75) is 6.92 Å². The number of halogens is 3. The zero-order chi connectivity index (χ0) is 14.0. The normalized spacial score (nSPS) is 10.3. The van der Waals surface area contributed by atoms with Gasteiger partial charge in [-0.25, -0.2) is 9.97 Å². The summed E-state index contributed by atoms with van der Waals surface area (Å²) >= 11 is 12.3. The molecule has 0 saturated carbocycles. The Kier molecular flexibility index (Phi) is 4.54. The molecule has 0 radical (unpaired) electrons. The molecule has 1 aromatic heterocycles. The van der Waals surface area contributed by atoms with Gasteiger partial charge in [0.25, 0.3) is 5.91 Å². The second kappa shape index (κ2) is 5.98. The number of benzene rings is 1. The average Bonchev–Trinajstić information content (AvgIpc) is 2.32. The van der Waals surface area contributed by atoms with Gasteiger partial charge in [-0.1, -0.05) is 11.6 Å². The van der Waals surface area contributed by atoms with Crippen LogP contribution in [0.4, 0.5) is 5.82 Å². The number of hydrogen-bond acceptors (Lipinski definition) is 3. The van der Waals surface area contributed by atoms with Crippen LogP contribution >= 0.6 is 43.5 Å². The lowest BCUT2D eigenvalue weighted by molar-refractivity contribution is 0.102. The van der Waals surface area contributed by atoms with Crippen molar-refractivity contribution in [1.29, 1.82) is 0 Å². The van der Waals surface area contributed by atoms with Crippen LogP contribution in [0.15, 0.2) is 33.6 Å². The van der Waals surface area contributed by atoms with Crippen LogP contribution in [0.2, 0.25) is 5.02 Å². The van der Waals surface area contributed by atoms with Crippen LogP contribution in [0.3, 0.4) is 0 Å². The zero-order valence-electron chi connectivity index (χ0n) is 9.75. The largest absolute Gasteiger partial charge is 0.304 e. The molecule has 1 heterocycles. The molecule has 0 aliphatic carbocycles. The van der Waals surface area contributed by atoms with Gasteiger partial charge in [0.2, 0.25) is 0 Å². The molecule has 4 nitrogen and oxygen atoms in total. The Morgan fingerprint density at radius 1 is 1.37 bits per heavy atom. The second-order valence-corrected chi connectivity index (χ2v) is 5.75. The third kappa shape index (κ3) is 3.52. The lowest BCUT2D eigenvalue weighted by atomic mass is 10.1. The van der Waals surface area contributed by atoms with Crippen LogP contribution in [0.25, 0.3) is 0 Å². The third-order valence-electron chi connectivity index (χ3n) is 2.37. The monoisotopic (exact) mass is 403 g/mol. The van der Waals surface area contributed by atoms with Crippen molar-refractivity contribution in [3.05, 3.63) is 49.8 Å². The van der Waals surface area contributed by atoms with Gasteiger partial charge in [0.15, 0.2) is 5.82 Å². The van der Waals surface area contributed by atoms with E-state index in [1.54, 1.807) is 18.2 Å². The van der Waals surface area contributed by atoms with Gasteiger partial charge in [-0.2, -0.15) is 0 Å². The molecule has 2 aromatic rings. The number of aromatic nitrogens is 2. The molecule has 1 amide bonds. The van der Waals surface area contributed by atoms with Crippen molar-refractivity contribution in [3.63, 3.8) is 0 Å². The molecule has 0 fully saturated rings. The molecule has 1 N–H and O–H groups in total. The maximum atomic E-state index is 12.1. The van der Waals surface area contributed by atoms with Crippen LogP contribution in [0.1, 0.15) is 15.9 Å². The third-order valence-corrected chi connectivity index (χ3v) is 3.54. The number of hydrogen-bond donors (Lipinski definition) is 1. The molecule has 7 heteroatoms. The molecule has 98 valence electrons. The minimum absolute atomic E-state index is 0.258. The fourth-order valence-electron chi connectivity index (χ4n) is 1.49. The molecule has 19 heavy (non-hydrogen) atoms. The molecule has 0 saturated heterocycles. The van der Waals surface area contributed by atoms with Gasteiger partial charge >= 0.3 is 0 Å². The molecule has 0 aliphatic heterocycles. The van der Waals surface area contributed by atoms with Gasteiger partial charge in [-0.05, 0) is 62.5 Å². The van der Waals surface area contributed by atoms with Crippen molar-refractivity contribution in [3.8, 4) is 0 Å². The van der Waals surface area contributed by atoms with E-state index >= 15 is 0 Å². The highest BCUT2D eigenvalue weighted by Crippen LogP contribution is 2.21. The van der Waals surface area contributed by atoms with E-state index in [1.807, 2.05) is 6.92 Å². The zero-order valence-corrected chi connectivity index (χ0v) is 13.7. The first kappa shape index (κ1) is 14.4. The predicted octanol–water partition coefficient (Wildman–Crippen LogP) is 4.22. The summed E-state index contributed by atoms with van der Waals surface area (Å²) in [6.45, 7) is 1.82. The Hall–Kier alpha value is -0.980. The van der Waals surface area contributed by atoms with E-state index in [0.717, 1.165) is 5.56 Å². The van der Waals surface area contributed by atoms with Crippen LogP contribution in [0, 0.1) is 6.92 Å². The van der Waals surface area contributed by atoms with Gasteiger partial charge in [-0.3, -0.25) is 4.79 Å². The van der Waals surface area contributed by atoms with Gasteiger partial charge < -0.3 is 5.32 Å². The average molecular weight is 405 g/mol. The summed E-state index contributed by atoms with van der Waals surface area (Å²) in [5, 5.41) is 3.29. The molecule has 1 aromatic carbocycles. The van der Waals surface area contributed by atoms with Gasteiger partial charge in [-0.15, -0.1) is 0 Å². The quantitative estimate of drug-likeness (QED) is 0.814. The highest BCUT2D eigenvalue weighted by molar-refractivity contribution is 9.11. The SMILES string of the molecule is Cc1cc(Cl)ccc1C(=O)Nc1ncc(Br)nc1Br. The first-order valence-corrected chi connectivity index (χ1v) is 7.19. The van der Waals surface area contributed by atoms with Crippen LogP contribution in [-0.4, -0.2) is 15.9 Å². The van der Waals surface area contributed by atoms with Crippen molar-refractivity contribution < 1.29 is 4.79 Å². The number of nitrogens with one attached hydrogen (secondary N) is 1. The fourth-order valence-corrected chi connectivity index (χ4v) is 2.62. The summed E-state index contributed by atoms with van der Waals surface area (Å²) in [6, 6.07) is 5.08. The molecular formula is C12H8Br2ClN3O. The van der Waals surface area contributed by atoms with Gasteiger partial charge in [0.05, 0.1) is 6.20 Å². The van der Waals surface area contributed by atoms with Crippen molar-refractivity contribution in [2.75, 3.05) is 5.32 Å². The van der Waals surface area contributed by atoms with Crippen LogP contribution < -0.4 is 5.32 Å². The molecule has 0 unspecified atom stereocenters. The fraction of sp³-hybridized carbons (Fsp3) is 0.0833. The van der Waals surface area contributed by atoms with Crippen molar-refractivity contribution >= 4 is 55.2 Å². The van der Waals surface area contributed by atoms with Crippen LogP contribution in [0.5, 0.6) is 0 Å². The van der Waals surface area contributed by atoms with Crippen LogP contribution in [-0.2, 0) is 0 Å². The number of anilines is 1. The van der Waals surface area contributed by atoms with E-state index in [9.17, 15) is 4.79 Å². The van der Waals surface area contributed by atoms with E-state index in [-0.39, 0.29) is 5.91 Å². The van der Waals surface area contributed by atoms with Gasteiger partial charge in [0, 0.05) is 10.6 Å². The topological polar surface area (TPSA) is 54.9 Å². The number of carbonyl (C=O) groups is 1. The van der Waals surface area contributed by atoms with E-state index in [4.69, 9.17) is 11.6 Å². The summed E-state index contributed by atoms with van der Waals surface area (Å²) in [5.74, 6) is 0.106. The first-order chi connectivity index (χ1) is 8.97. The number of nitrogens with zero attached hydrogens (tertiary/aromatic N) is 2. The van der Waals surface area contributed by atoms with Crippen molar-refractivity contribution in [1.82, 2.24) is 9.97 Å². The maximum Gasteiger partial charge on any atom is 0.257 e. The van der Waals surface area contributed by atoms with E-state index in [1.165, 1.54) is 6.20 Å². The minimum atomic E-state index is -0.258. The lowest BCUT2D eigenvalue weighted by Crippen LogP contribution is -2.15. The Morgan fingerprint density at radius 3 is 2.74 bits per heavy atom. The molecule has 2 rings (SSSR count). The van der Waals surface area contributed by atoms with E-state index < -0.39 is 0 Å². The summed E-state index contributed by atoms with van der Waals surface area (Å²) in [5.41, 5.74) is 1.34. The number of carbonyl (C=O) groups excluding carboxylic acids is 1. The number of amides is 1. The summed E-state index contributed by atoms with van der Waals surface area (Å²) in [7, 11) is 0. The molecule has 0 bridgehead atoms. The summed E-state index contributed by atoms with van der Waals surface area (Å²) in [6.07, 6.45) is 1.51. The first-order valence-electron chi connectivity index (χ1n) is 5.23. The Labute approximate surface area is 131 Å². The molecule has 0 aliphatic rings. The predicted molar refractivity (Wildman–Crippen MR) is 81.6 cm³/mol. The summed E-state index contributed by atoms with van der Waals surface area (Å²) in [4.78, 5) is 20.3. The summed E-state index contributed by atoms with van der Waals surface area (Å²) < 4.78 is 1.04. The maximum absolute atomic E-state index is 12.1. The number of rotatable bonds is 2. The Morgan fingerprint density at radius 2 is 2.11 bits per heavy atom. The Balaban J connectivity index is 2.25. The van der Waals surface area contributed by atoms with E-state index in [2.05, 4.69) is 47.1 Å². The standard InChI is InChI=1S/C12H8Br2ClN3O/c1-6-4-7(15)2-3-8(6)12(19)18-11-10(14)17-9(13)5-16-11/h2-5H,1H3,(H,16,18,19). The smallest absolute Gasteiger partial charge is 0.257 e. The van der Waals surface area contributed by atoms with Gasteiger partial charge in [0.1, 0.15) is 9.21 Å². The minimum Gasteiger partial charge on any atom is -0.304 e. The molecular weight excluding hydrogens is 397 g/mol. The molecule has 0 atom stereocenters. The number of aryl methyl sites for hydroxylation is 1. The molecule has 0 spiro atoms. The lowest BCUT2D eigenvalue weighted by Gasteiger charge is -2.08. The van der Waals surface area contributed by atoms with E-state index in [0.29, 0.717) is 25.6 Å². The highest BCUT2D eigenvalue weighted by Gasteiger charge is 2.12. The Bertz CT molecular complexity index is 649. The second-order valence-electron chi connectivity index (χ2n) is 3.75. The van der Waals surface area contributed by atoms with Crippen molar-refractivity contribution in [2.24, 2.45) is 0 Å².